The maximum absolute atomic E-state index is 13.4. The third-order valence-electron chi connectivity index (χ3n) is 7.14. The molecule has 2 aliphatic heterocycles. The second kappa shape index (κ2) is 13.3. The molecule has 2 aliphatic rings. The normalized spacial score (nSPS) is 19.3. The highest BCUT2D eigenvalue weighted by atomic mass is 32.1. The highest BCUT2D eigenvalue weighted by Crippen LogP contribution is 2.29. The number of rotatable bonds is 12. The first-order valence-corrected chi connectivity index (χ1v) is 14.1. The summed E-state index contributed by atoms with van der Waals surface area (Å²) in [6.45, 7) is 0.803. The SMILES string of the molecule is NC(N)=NCCCCC(NC(=O)C1CC[C@H]2CN(C(=O)CCc3ccccc3)CC(=O)N12)C(=O)c1nccs1. The second-order valence-corrected chi connectivity index (χ2v) is 10.8. The van der Waals surface area contributed by atoms with Crippen LogP contribution in [0.5, 0.6) is 0 Å². The molecule has 2 fully saturated rings. The Bertz CT molecular complexity index is 1180. The number of amides is 3. The van der Waals surface area contributed by atoms with E-state index in [1.807, 2.05) is 30.3 Å². The van der Waals surface area contributed by atoms with E-state index in [0.717, 1.165) is 5.56 Å². The summed E-state index contributed by atoms with van der Waals surface area (Å²) >= 11 is 1.22. The van der Waals surface area contributed by atoms with Crippen LogP contribution in [0.15, 0.2) is 46.9 Å². The summed E-state index contributed by atoms with van der Waals surface area (Å²) in [7, 11) is 0. The van der Waals surface area contributed by atoms with Crippen molar-refractivity contribution in [2.24, 2.45) is 16.5 Å². The van der Waals surface area contributed by atoms with Crippen LogP contribution in [0.4, 0.5) is 0 Å². The molecule has 4 rings (SSSR count). The number of nitrogens with two attached hydrogens (primary N) is 2. The van der Waals surface area contributed by atoms with Gasteiger partial charge in [0.05, 0.1) is 18.6 Å². The van der Waals surface area contributed by atoms with E-state index in [1.54, 1.807) is 21.4 Å². The van der Waals surface area contributed by atoms with Crippen LogP contribution in [-0.4, -0.2) is 82.0 Å². The molecule has 0 bridgehead atoms. The number of hydrogen-bond acceptors (Lipinski definition) is 7. The number of aliphatic imine (C=N–C) groups is 1. The molecule has 3 atom stereocenters. The van der Waals surface area contributed by atoms with Gasteiger partial charge in [-0.1, -0.05) is 30.3 Å². The average molecular weight is 554 g/mol. The number of unbranched alkanes of at least 4 members (excludes halogenated alkanes) is 1. The molecule has 39 heavy (non-hydrogen) atoms. The predicted octanol–water partition coefficient (Wildman–Crippen LogP) is 1.09. The van der Waals surface area contributed by atoms with Gasteiger partial charge in [-0.3, -0.25) is 24.2 Å². The standard InChI is InChI=1S/C27H35N7O4S/c28-27(29)31-13-5-4-8-20(24(37)26-30-14-15-39-26)32-25(38)21-11-10-19-16-33(17-23(36)34(19)21)22(35)12-9-18-6-2-1-3-7-18/h1-3,6-7,14-15,19-21H,4-5,8-13,16-17H2,(H,32,38)(H4,28,29,31)/t19-,20?,21?/m0/s1. The molecule has 3 heterocycles. The highest BCUT2D eigenvalue weighted by molar-refractivity contribution is 7.11. The number of fused-ring (bicyclic) bond motifs is 1. The highest BCUT2D eigenvalue weighted by Gasteiger charge is 2.46. The van der Waals surface area contributed by atoms with Crippen LogP contribution in [0, 0.1) is 0 Å². The lowest BCUT2D eigenvalue weighted by molar-refractivity contribution is -0.151. The van der Waals surface area contributed by atoms with Gasteiger partial charge in [0.1, 0.15) is 6.04 Å². The molecule has 0 saturated carbocycles. The monoisotopic (exact) mass is 553 g/mol. The zero-order valence-electron chi connectivity index (χ0n) is 21.8. The number of ketones is 1. The van der Waals surface area contributed by atoms with Gasteiger partial charge in [-0.05, 0) is 44.1 Å². The fourth-order valence-corrected chi connectivity index (χ4v) is 5.84. The van der Waals surface area contributed by atoms with E-state index in [2.05, 4.69) is 15.3 Å². The van der Waals surface area contributed by atoms with Crippen LogP contribution in [0.1, 0.15) is 53.9 Å². The molecule has 208 valence electrons. The number of thiazole rings is 1. The summed E-state index contributed by atoms with van der Waals surface area (Å²) in [5.74, 6) is -0.896. The first-order valence-electron chi connectivity index (χ1n) is 13.3. The lowest BCUT2D eigenvalue weighted by Crippen LogP contribution is -2.60. The summed E-state index contributed by atoms with van der Waals surface area (Å²) < 4.78 is 0. The third-order valence-corrected chi connectivity index (χ3v) is 7.93. The Kier molecular flexibility index (Phi) is 9.64. The summed E-state index contributed by atoms with van der Waals surface area (Å²) in [6, 6.07) is 8.12. The number of nitrogens with zero attached hydrogens (tertiary/aromatic N) is 4. The summed E-state index contributed by atoms with van der Waals surface area (Å²) in [5, 5.41) is 4.93. The minimum Gasteiger partial charge on any atom is -0.370 e. The molecular weight excluding hydrogens is 518 g/mol. The molecule has 11 nitrogen and oxygen atoms in total. The first kappa shape index (κ1) is 28.2. The second-order valence-electron chi connectivity index (χ2n) is 9.87. The Morgan fingerprint density at radius 3 is 2.67 bits per heavy atom. The molecule has 2 aromatic rings. The van der Waals surface area contributed by atoms with Gasteiger partial charge in [0.2, 0.25) is 23.5 Å². The molecule has 0 spiro atoms. The molecule has 1 aromatic heterocycles. The van der Waals surface area contributed by atoms with Crippen molar-refractivity contribution in [3.05, 3.63) is 52.5 Å². The average Bonchev–Trinajstić information content (AvgIpc) is 3.62. The quantitative estimate of drug-likeness (QED) is 0.153. The van der Waals surface area contributed by atoms with Gasteiger partial charge < -0.3 is 26.6 Å². The van der Waals surface area contributed by atoms with Crippen molar-refractivity contribution in [2.75, 3.05) is 19.6 Å². The molecule has 5 N–H and O–H groups in total. The molecular formula is C27H35N7O4S. The van der Waals surface area contributed by atoms with Crippen molar-refractivity contribution in [1.82, 2.24) is 20.1 Å². The number of Topliss-reactive ketones (excluding diaryl/α,β-unsaturated/α-hetero) is 1. The van der Waals surface area contributed by atoms with Crippen LogP contribution in [-0.2, 0) is 20.8 Å². The van der Waals surface area contributed by atoms with Crippen LogP contribution < -0.4 is 16.8 Å². The van der Waals surface area contributed by atoms with Crippen LogP contribution in [0.2, 0.25) is 0 Å². The van der Waals surface area contributed by atoms with Gasteiger partial charge in [0, 0.05) is 31.1 Å². The van der Waals surface area contributed by atoms with Gasteiger partial charge in [-0.2, -0.15) is 0 Å². The number of piperazine rings is 1. The van der Waals surface area contributed by atoms with E-state index >= 15 is 0 Å². The Morgan fingerprint density at radius 1 is 1.15 bits per heavy atom. The summed E-state index contributed by atoms with van der Waals surface area (Å²) in [5.41, 5.74) is 11.8. The van der Waals surface area contributed by atoms with Gasteiger partial charge in [0.15, 0.2) is 11.0 Å². The lowest BCUT2D eigenvalue weighted by atomic mass is 10.0. The van der Waals surface area contributed by atoms with Crippen molar-refractivity contribution in [2.45, 2.75) is 63.1 Å². The Balaban J connectivity index is 1.34. The van der Waals surface area contributed by atoms with Crippen molar-refractivity contribution >= 4 is 40.8 Å². The van der Waals surface area contributed by atoms with Crippen molar-refractivity contribution in [1.29, 1.82) is 0 Å². The Hall–Kier alpha value is -3.80. The fraction of sp³-hybridized carbons (Fsp3) is 0.481. The summed E-state index contributed by atoms with van der Waals surface area (Å²) in [6.07, 6.45) is 5.28. The number of aryl methyl sites for hydroxylation is 1. The van der Waals surface area contributed by atoms with E-state index in [1.165, 1.54) is 11.3 Å². The number of aromatic nitrogens is 1. The largest absolute Gasteiger partial charge is 0.370 e. The van der Waals surface area contributed by atoms with Gasteiger partial charge >= 0.3 is 0 Å². The van der Waals surface area contributed by atoms with Gasteiger partial charge in [-0.15, -0.1) is 11.3 Å². The maximum Gasteiger partial charge on any atom is 0.243 e. The molecule has 2 unspecified atom stereocenters. The minimum absolute atomic E-state index is 0.0113. The Morgan fingerprint density at radius 2 is 1.95 bits per heavy atom. The van der Waals surface area contributed by atoms with Crippen LogP contribution >= 0.6 is 11.3 Å². The molecule has 0 aliphatic carbocycles. The van der Waals surface area contributed by atoms with E-state index < -0.39 is 12.1 Å². The number of guanidine groups is 1. The molecule has 3 amide bonds. The molecule has 0 radical (unpaired) electrons. The van der Waals surface area contributed by atoms with Crippen molar-refractivity contribution in [3.63, 3.8) is 0 Å². The topological polar surface area (TPSA) is 164 Å². The van der Waals surface area contributed by atoms with Crippen molar-refractivity contribution in [3.8, 4) is 0 Å². The molecule has 2 saturated heterocycles. The smallest absolute Gasteiger partial charge is 0.243 e. The fourth-order valence-electron chi connectivity index (χ4n) is 5.20. The van der Waals surface area contributed by atoms with Crippen LogP contribution in [0.25, 0.3) is 0 Å². The number of hydrogen-bond donors (Lipinski definition) is 3. The third kappa shape index (κ3) is 7.41. The molecule has 1 aromatic carbocycles. The van der Waals surface area contributed by atoms with Gasteiger partial charge in [-0.25, -0.2) is 4.98 Å². The van der Waals surface area contributed by atoms with E-state index in [-0.39, 0.29) is 42.1 Å². The summed E-state index contributed by atoms with van der Waals surface area (Å²) in [4.78, 5) is 63.7. The maximum atomic E-state index is 13.4. The number of carbonyl (C=O) groups is 4. The molecule has 12 heteroatoms. The van der Waals surface area contributed by atoms with E-state index in [0.29, 0.717) is 63.0 Å². The number of benzene rings is 1. The van der Waals surface area contributed by atoms with Crippen LogP contribution in [0.3, 0.4) is 0 Å². The van der Waals surface area contributed by atoms with E-state index in [9.17, 15) is 19.2 Å². The van der Waals surface area contributed by atoms with E-state index in [4.69, 9.17) is 11.5 Å². The lowest BCUT2D eigenvalue weighted by Gasteiger charge is -2.39. The minimum atomic E-state index is -0.766. The van der Waals surface area contributed by atoms with Crippen molar-refractivity contribution < 1.29 is 19.2 Å². The van der Waals surface area contributed by atoms with Gasteiger partial charge in [0.25, 0.3) is 0 Å². The Labute approximate surface area is 231 Å². The zero-order chi connectivity index (χ0) is 27.8. The zero-order valence-corrected chi connectivity index (χ0v) is 22.6. The first-order chi connectivity index (χ1) is 18.8. The predicted molar refractivity (Wildman–Crippen MR) is 148 cm³/mol. The number of nitrogens with one attached hydrogen (secondary N) is 1. The number of carbonyl (C=O) groups excluding carboxylic acids is 4.